The van der Waals surface area contributed by atoms with Crippen LogP contribution in [0.1, 0.15) is 69.9 Å². The van der Waals surface area contributed by atoms with Gasteiger partial charge in [-0.05, 0) is 67.4 Å². The number of piperidine rings is 1. The lowest BCUT2D eigenvalue weighted by Crippen LogP contribution is -2.86. The van der Waals surface area contributed by atoms with Crippen molar-refractivity contribution >= 4 is 46.7 Å². The Bertz CT molecular complexity index is 1410. The highest BCUT2D eigenvalue weighted by atomic mass is 32.2. The van der Waals surface area contributed by atoms with Gasteiger partial charge in [0.25, 0.3) is 11.8 Å². The topological polar surface area (TPSA) is 106 Å². The Balaban J connectivity index is 0.905. The van der Waals surface area contributed by atoms with E-state index < -0.39 is 23.8 Å². The minimum absolute atomic E-state index is 0.102. The number of aromatic nitrogens is 1. The van der Waals surface area contributed by atoms with Crippen LogP contribution >= 0.6 is 23.1 Å². The van der Waals surface area contributed by atoms with Crippen LogP contribution in [-0.4, -0.2) is 46.2 Å². The molecular formula is C28H27N3O5S2. The molecule has 2 aliphatic heterocycles. The number of fused-ring (bicyclic) bond motifs is 1. The molecular weight excluding hydrogens is 522 g/mol. The minimum Gasteiger partial charge on any atom is -0.375 e. The van der Waals surface area contributed by atoms with Crippen molar-refractivity contribution in [2.45, 2.75) is 61.8 Å². The molecule has 3 heterocycles. The number of ether oxygens (including phenoxy) is 1. The van der Waals surface area contributed by atoms with Crippen LogP contribution in [0.3, 0.4) is 0 Å². The average molecular weight is 550 g/mol. The highest BCUT2D eigenvalue weighted by molar-refractivity contribution is 7.98. The number of thiazole rings is 1. The molecule has 1 saturated heterocycles. The van der Waals surface area contributed by atoms with E-state index in [1.54, 1.807) is 23.5 Å². The van der Waals surface area contributed by atoms with Crippen LogP contribution in [0.5, 0.6) is 0 Å². The van der Waals surface area contributed by atoms with E-state index in [1.807, 2.05) is 11.4 Å². The van der Waals surface area contributed by atoms with Crippen LogP contribution in [0.2, 0.25) is 0 Å². The molecule has 2 aromatic rings. The van der Waals surface area contributed by atoms with Gasteiger partial charge < -0.3 is 4.74 Å². The molecule has 6 aliphatic rings. The van der Waals surface area contributed by atoms with Gasteiger partial charge >= 0.3 is 0 Å². The molecule has 1 aromatic carbocycles. The normalized spacial score (nSPS) is 35.8. The Morgan fingerprint density at radius 2 is 1.92 bits per heavy atom. The zero-order valence-electron chi connectivity index (χ0n) is 20.7. The number of rotatable bonds is 8. The first-order valence-electron chi connectivity index (χ1n) is 13.4. The van der Waals surface area contributed by atoms with Crippen LogP contribution in [0, 0.1) is 28.6 Å². The van der Waals surface area contributed by atoms with Crippen LogP contribution in [0.15, 0.2) is 28.5 Å². The summed E-state index contributed by atoms with van der Waals surface area (Å²) < 4.78 is 6.21. The Morgan fingerprint density at radius 1 is 1.11 bits per heavy atom. The van der Waals surface area contributed by atoms with Crippen molar-refractivity contribution in [2.24, 2.45) is 28.6 Å². The molecule has 0 bridgehead atoms. The lowest BCUT2D eigenvalue weighted by Gasteiger charge is -2.91. The summed E-state index contributed by atoms with van der Waals surface area (Å²) in [5.74, 6) is 1.59. The van der Waals surface area contributed by atoms with E-state index in [9.17, 15) is 19.2 Å². The molecule has 0 radical (unpaired) electrons. The molecule has 4 amide bonds. The summed E-state index contributed by atoms with van der Waals surface area (Å²) in [4.78, 5) is 56.7. The Hall–Kier alpha value is -2.56. The van der Waals surface area contributed by atoms with Crippen molar-refractivity contribution in [1.82, 2.24) is 15.2 Å². The molecule has 196 valence electrons. The van der Waals surface area contributed by atoms with Gasteiger partial charge in [-0.1, -0.05) is 6.07 Å². The van der Waals surface area contributed by atoms with E-state index in [4.69, 9.17) is 9.72 Å². The second kappa shape index (κ2) is 7.99. The van der Waals surface area contributed by atoms with Crippen molar-refractivity contribution in [3.63, 3.8) is 0 Å². The average Bonchev–Trinajstić information content (AvgIpc) is 3.40. The Kier molecular flexibility index (Phi) is 4.91. The van der Waals surface area contributed by atoms with Gasteiger partial charge in [-0.25, -0.2) is 4.98 Å². The van der Waals surface area contributed by atoms with Gasteiger partial charge in [0.2, 0.25) is 11.8 Å². The van der Waals surface area contributed by atoms with Crippen LogP contribution < -0.4 is 5.32 Å². The molecule has 4 aliphatic carbocycles. The van der Waals surface area contributed by atoms with Gasteiger partial charge in [0.1, 0.15) is 11.0 Å². The predicted molar refractivity (Wildman–Crippen MR) is 138 cm³/mol. The number of nitrogens with zero attached hydrogens (tertiary/aromatic N) is 2. The van der Waals surface area contributed by atoms with E-state index in [2.05, 4.69) is 5.32 Å². The van der Waals surface area contributed by atoms with Crippen molar-refractivity contribution < 1.29 is 23.9 Å². The second-order valence-corrected chi connectivity index (χ2v) is 13.8. The first kappa shape index (κ1) is 23.3. The van der Waals surface area contributed by atoms with Crippen molar-refractivity contribution in [2.75, 3.05) is 6.61 Å². The van der Waals surface area contributed by atoms with E-state index in [0.717, 1.165) is 40.0 Å². The van der Waals surface area contributed by atoms with Crippen LogP contribution in [0.4, 0.5) is 0 Å². The highest BCUT2D eigenvalue weighted by Gasteiger charge is 2.87. The largest absolute Gasteiger partial charge is 0.375 e. The van der Waals surface area contributed by atoms with Crippen molar-refractivity contribution in [1.29, 1.82) is 0 Å². The molecule has 3 unspecified atom stereocenters. The molecule has 8 nitrogen and oxygen atoms in total. The Labute approximate surface area is 227 Å². The molecule has 10 heteroatoms. The number of amides is 4. The number of carbonyl (C=O) groups excluding carboxylic acids is 4. The lowest BCUT2D eigenvalue weighted by atomic mass is 9.13. The lowest BCUT2D eigenvalue weighted by molar-refractivity contribution is -0.440. The van der Waals surface area contributed by atoms with Crippen molar-refractivity contribution in [3.05, 3.63) is 45.4 Å². The number of hydrogen-bond acceptors (Lipinski definition) is 8. The number of thioether (sulfide) groups is 1. The standard InChI is InChI=1S/C28H27N3O5S2/c32-21-5-4-19(24(33)30-21)31-25(34)18-2-1-3-20(23(18)26(31)35)37-12-22-29-17(11-38-22)10-36-13-27-8-15-6-14-7-16(9-27)28(14,15)27/h1-3,11,14-16,19H,4-10,12-13H2,(H,30,32,33). The SMILES string of the molecule is O=C1CCC(N2C(=O)c3cccc(SCc4nc(COCC56CC7CC8CC(C5)C876)cs4)c3C2=O)C(=O)N1. The number of carbonyl (C=O) groups is 4. The van der Waals surface area contributed by atoms with Gasteiger partial charge in [-0.3, -0.25) is 29.4 Å². The number of benzene rings is 1. The fourth-order valence-corrected chi connectivity index (χ4v) is 10.9. The molecule has 8 rings (SSSR count). The summed E-state index contributed by atoms with van der Waals surface area (Å²) in [5, 5.41) is 5.22. The monoisotopic (exact) mass is 549 g/mol. The summed E-state index contributed by atoms with van der Waals surface area (Å²) >= 11 is 3.04. The zero-order valence-corrected chi connectivity index (χ0v) is 22.4. The third-order valence-electron chi connectivity index (χ3n) is 10.4. The van der Waals surface area contributed by atoms with Gasteiger partial charge in [0, 0.05) is 22.1 Å². The van der Waals surface area contributed by atoms with Gasteiger partial charge in [-0.15, -0.1) is 23.1 Å². The first-order chi connectivity index (χ1) is 18.4. The molecule has 38 heavy (non-hydrogen) atoms. The second-order valence-electron chi connectivity index (χ2n) is 11.8. The smallest absolute Gasteiger partial charge is 0.263 e. The summed E-state index contributed by atoms with van der Waals surface area (Å²) in [7, 11) is 0. The summed E-state index contributed by atoms with van der Waals surface area (Å²) in [6.07, 6.45) is 5.90. The number of hydrogen-bond donors (Lipinski definition) is 1. The maximum atomic E-state index is 13.3. The molecule has 3 atom stereocenters. The molecule has 1 aromatic heterocycles. The quantitative estimate of drug-likeness (QED) is 0.395. The van der Waals surface area contributed by atoms with E-state index in [0.29, 0.717) is 39.2 Å². The molecule has 1 N–H and O–H groups in total. The van der Waals surface area contributed by atoms with E-state index in [1.165, 1.54) is 37.4 Å². The first-order valence-corrected chi connectivity index (χ1v) is 15.3. The minimum atomic E-state index is -0.963. The summed E-state index contributed by atoms with van der Waals surface area (Å²) in [6.45, 7) is 1.40. The van der Waals surface area contributed by atoms with Crippen LogP contribution in [-0.2, 0) is 26.7 Å². The molecule has 1 spiro atoms. The zero-order chi connectivity index (χ0) is 25.8. The van der Waals surface area contributed by atoms with Crippen molar-refractivity contribution in [3.8, 4) is 0 Å². The van der Waals surface area contributed by atoms with Gasteiger partial charge in [-0.2, -0.15) is 0 Å². The van der Waals surface area contributed by atoms with E-state index >= 15 is 0 Å². The van der Waals surface area contributed by atoms with E-state index in [-0.39, 0.29) is 18.7 Å². The number of nitrogens with one attached hydrogen (secondary N) is 1. The van der Waals surface area contributed by atoms with Gasteiger partial charge in [0.15, 0.2) is 0 Å². The Morgan fingerprint density at radius 3 is 2.66 bits per heavy atom. The predicted octanol–water partition coefficient (Wildman–Crippen LogP) is 3.79. The molecule has 4 saturated carbocycles. The fourth-order valence-electron chi connectivity index (χ4n) is 8.98. The maximum Gasteiger partial charge on any atom is 0.263 e. The molecule has 5 fully saturated rings. The third kappa shape index (κ3) is 2.89. The van der Waals surface area contributed by atoms with Crippen LogP contribution in [0.25, 0.3) is 0 Å². The third-order valence-corrected chi connectivity index (χ3v) is 12.5. The maximum absolute atomic E-state index is 13.3. The highest BCUT2D eigenvalue weighted by Crippen LogP contribution is 2.92. The van der Waals surface area contributed by atoms with Gasteiger partial charge in [0.05, 0.1) is 35.8 Å². The fraction of sp³-hybridized carbons (Fsp3) is 0.536. The summed E-state index contributed by atoms with van der Waals surface area (Å²) in [5.41, 5.74) is 2.72. The summed E-state index contributed by atoms with van der Waals surface area (Å²) in [6, 6.07) is 4.23. The number of imide groups is 2.